The number of nitrogens with zero attached hydrogens (tertiary/aromatic N) is 1. The standard InChI is InChI=1S/C19H22ClN3O3/c1-26-19(25)14-4-2-12(3-5-14)11-21-18(24)17-10-16(22-23-17)13-6-8-15(20)9-7-13/h6-10,12,14H,2-5,11H2,1H3,(H,21,24)(H,22,23). The van der Waals surface area contributed by atoms with E-state index in [1.54, 1.807) is 18.2 Å². The Hall–Kier alpha value is -2.34. The molecule has 0 atom stereocenters. The van der Waals surface area contributed by atoms with E-state index >= 15 is 0 Å². The van der Waals surface area contributed by atoms with E-state index in [1.165, 1.54) is 7.11 Å². The van der Waals surface area contributed by atoms with Gasteiger partial charge in [0.25, 0.3) is 5.91 Å². The van der Waals surface area contributed by atoms with E-state index in [9.17, 15) is 9.59 Å². The average Bonchev–Trinajstić information content (AvgIpc) is 3.16. The Balaban J connectivity index is 1.50. The summed E-state index contributed by atoms with van der Waals surface area (Å²) in [5.74, 6) is 0.0903. The molecular formula is C19H22ClN3O3. The fraction of sp³-hybridized carbons (Fsp3) is 0.421. The Labute approximate surface area is 157 Å². The second-order valence-corrected chi connectivity index (χ2v) is 7.06. The molecule has 0 aliphatic heterocycles. The maximum atomic E-state index is 12.3. The van der Waals surface area contributed by atoms with Crippen LogP contribution in [0, 0.1) is 11.8 Å². The minimum absolute atomic E-state index is 0.00138. The highest BCUT2D eigenvalue weighted by Crippen LogP contribution is 2.29. The van der Waals surface area contributed by atoms with Crippen LogP contribution in [-0.4, -0.2) is 35.7 Å². The molecule has 6 nitrogen and oxygen atoms in total. The van der Waals surface area contributed by atoms with Crippen molar-refractivity contribution < 1.29 is 14.3 Å². The SMILES string of the molecule is COC(=O)C1CCC(CNC(=O)c2cc(-c3ccc(Cl)cc3)n[nH]2)CC1. The van der Waals surface area contributed by atoms with Crippen LogP contribution in [0.2, 0.25) is 5.02 Å². The molecule has 2 N–H and O–H groups in total. The van der Waals surface area contributed by atoms with E-state index < -0.39 is 0 Å². The molecule has 1 aromatic carbocycles. The maximum absolute atomic E-state index is 12.3. The lowest BCUT2D eigenvalue weighted by Gasteiger charge is -2.26. The number of carbonyl (C=O) groups is 2. The number of benzene rings is 1. The van der Waals surface area contributed by atoms with E-state index in [4.69, 9.17) is 16.3 Å². The second kappa shape index (κ2) is 8.36. The summed E-state index contributed by atoms with van der Waals surface area (Å²) in [6.07, 6.45) is 3.47. The molecule has 0 spiro atoms. The number of carbonyl (C=O) groups excluding carboxylic acids is 2. The van der Waals surface area contributed by atoms with Crippen LogP contribution in [-0.2, 0) is 9.53 Å². The first-order chi connectivity index (χ1) is 12.6. The van der Waals surface area contributed by atoms with Gasteiger partial charge in [-0.05, 0) is 49.8 Å². The van der Waals surface area contributed by atoms with Crippen LogP contribution < -0.4 is 5.32 Å². The maximum Gasteiger partial charge on any atom is 0.308 e. The average molecular weight is 376 g/mol. The van der Waals surface area contributed by atoms with Crippen LogP contribution >= 0.6 is 11.6 Å². The molecule has 1 heterocycles. The lowest BCUT2D eigenvalue weighted by atomic mass is 9.82. The van der Waals surface area contributed by atoms with E-state index in [0.717, 1.165) is 31.2 Å². The molecule has 0 unspecified atom stereocenters. The third-order valence-electron chi connectivity index (χ3n) is 4.90. The summed E-state index contributed by atoms with van der Waals surface area (Å²) < 4.78 is 4.80. The molecule has 1 aliphatic carbocycles. The molecule has 1 aromatic heterocycles. The summed E-state index contributed by atoms with van der Waals surface area (Å²) in [7, 11) is 1.43. The van der Waals surface area contributed by atoms with Crippen LogP contribution in [0.1, 0.15) is 36.2 Å². The van der Waals surface area contributed by atoms with E-state index in [0.29, 0.717) is 28.9 Å². The van der Waals surface area contributed by atoms with Crippen LogP contribution in [0.25, 0.3) is 11.3 Å². The topological polar surface area (TPSA) is 84.1 Å². The van der Waals surface area contributed by atoms with Gasteiger partial charge in [0, 0.05) is 17.1 Å². The van der Waals surface area contributed by atoms with Crippen LogP contribution in [0.5, 0.6) is 0 Å². The fourth-order valence-electron chi connectivity index (χ4n) is 3.31. The third-order valence-corrected chi connectivity index (χ3v) is 5.15. The van der Waals surface area contributed by atoms with Crippen molar-refractivity contribution in [2.24, 2.45) is 11.8 Å². The molecular weight excluding hydrogens is 354 g/mol. The summed E-state index contributed by atoms with van der Waals surface area (Å²) in [6, 6.07) is 9.03. The fourth-order valence-corrected chi connectivity index (χ4v) is 3.43. The predicted molar refractivity (Wildman–Crippen MR) is 98.8 cm³/mol. The zero-order chi connectivity index (χ0) is 18.5. The van der Waals surface area contributed by atoms with Gasteiger partial charge in [-0.25, -0.2) is 0 Å². The van der Waals surface area contributed by atoms with Gasteiger partial charge in [-0.15, -0.1) is 0 Å². The van der Waals surface area contributed by atoms with Crippen molar-refractivity contribution in [2.45, 2.75) is 25.7 Å². The zero-order valence-corrected chi connectivity index (χ0v) is 15.4. The molecule has 138 valence electrons. The highest BCUT2D eigenvalue weighted by Gasteiger charge is 2.27. The van der Waals surface area contributed by atoms with Gasteiger partial charge in [0.1, 0.15) is 5.69 Å². The Morgan fingerprint density at radius 2 is 1.92 bits per heavy atom. The molecule has 1 fully saturated rings. The largest absolute Gasteiger partial charge is 0.469 e. The number of nitrogens with one attached hydrogen (secondary N) is 2. The Morgan fingerprint density at radius 1 is 1.23 bits per heavy atom. The number of halogens is 1. The van der Waals surface area contributed by atoms with Crippen molar-refractivity contribution in [3.05, 3.63) is 41.0 Å². The first-order valence-corrected chi connectivity index (χ1v) is 9.12. The second-order valence-electron chi connectivity index (χ2n) is 6.62. The first kappa shape index (κ1) is 18.5. The number of hydrogen-bond donors (Lipinski definition) is 2. The molecule has 0 bridgehead atoms. The summed E-state index contributed by atoms with van der Waals surface area (Å²) in [6.45, 7) is 0.599. The summed E-state index contributed by atoms with van der Waals surface area (Å²) in [4.78, 5) is 23.9. The molecule has 7 heteroatoms. The van der Waals surface area contributed by atoms with Crippen molar-refractivity contribution in [3.63, 3.8) is 0 Å². The van der Waals surface area contributed by atoms with Crippen molar-refractivity contribution in [1.82, 2.24) is 15.5 Å². The number of ether oxygens (including phenoxy) is 1. The van der Waals surface area contributed by atoms with Gasteiger partial charge in [-0.3, -0.25) is 14.7 Å². The lowest BCUT2D eigenvalue weighted by molar-refractivity contribution is -0.146. The normalized spacial score (nSPS) is 19.8. The number of aromatic nitrogens is 2. The monoisotopic (exact) mass is 375 g/mol. The van der Waals surface area contributed by atoms with E-state index in [1.807, 2.05) is 12.1 Å². The van der Waals surface area contributed by atoms with Crippen LogP contribution in [0.4, 0.5) is 0 Å². The number of methoxy groups -OCH3 is 1. The van der Waals surface area contributed by atoms with Gasteiger partial charge in [0.15, 0.2) is 0 Å². The molecule has 0 saturated heterocycles. The van der Waals surface area contributed by atoms with Crippen molar-refractivity contribution >= 4 is 23.5 Å². The van der Waals surface area contributed by atoms with Gasteiger partial charge in [-0.2, -0.15) is 5.10 Å². The molecule has 0 radical (unpaired) electrons. The van der Waals surface area contributed by atoms with Gasteiger partial charge >= 0.3 is 5.97 Å². The highest BCUT2D eigenvalue weighted by atomic mass is 35.5. The van der Waals surface area contributed by atoms with Crippen molar-refractivity contribution in [1.29, 1.82) is 0 Å². The van der Waals surface area contributed by atoms with Gasteiger partial charge in [0.05, 0.1) is 18.7 Å². The summed E-state index contributed by atoms with van der Waals surface area (Å²) >= 11 is 5.89. The quantitative estimate of drug-likeness (QED) is 0.784. The highest BCUT2D eigenvalue weighted by molar-refractivity contribution is 6.30. The molecule has 26 heavy (non-hydrogen) atoms. The number of H-pyrrole nitrogens is 1. The minimum atomic E-state index is -0.173. The van der Waals surface area contributed by atoms with Gasteiger partial charge in [-0.1, -0.05) is 23.7 Å². The number of rotatable bonds is 5. The van der Waals surface area contributed by atoms with E-state index in [2.05, 4.69) is 15.5 Å². The Bertz CT molecular complexity index is 765. The third kappa shape index (κ3) is 4.43. The van der Waals surface area contributed by atoms with E-state index in [-0.39, 0.29) is 17.8 Å². The first-order valence-electron chi connectivity index (χ1n) is 8.74. The number of esters is 1. The molecule has 1 saturated carbocycles. The van der Waals surface area contributed by atoms with Crippen LogP contribution in [0.15, 0.2) is 30.3 Å². The summed E-state index contributed by atoms with van der Waals surface area (Å²) in [5, 5.41) is 10.6. The zero-order valence-electron chi connectivity index (χ0n) is 14.6. The van der Waals surface area contributed by atoms with Crippen molar-refractivity contribution in [2.75, 3.05) is 13.7 Å². The number of hydrogen-bond acceptors (Lipinski definition) is 4. The molecule has 1 amide bonds. The predicted octanol–water partition coefficient (Wildman–Crippen LogP) is 3.44. The molecule has 3 rings (SSSR count). The molecule has 1 aliphatic rings. The number of amides is 1. The van der Waals surface area contributed by atoms with Gasteiger partial charge < -0.3 is 10.1 Å². The Morgan fingerprint density at radius 3 is 2.58 bits per heavy atom. The Kier molecular flexibility index (Phi) is 5.93. The minimum Gasteiger partial charge on any atom is -0.469 e. The summed E-state index contributed by atoms with van der Waals surface area (Å²) in [5.41, 5.74) is 2.02. The lowest BCUT2D eigenvalue weighted by Crippen LogP contribution is -2.32. The van der Waals surface area contributed by atoms with Crippen molar-refractivity contribution in [3.8, 4) is 11.3 Å². The number of aromatic amines is 1. The van der Waals surface area contributed by atoms with Gasteiger partial charge in [0.2, 0.25) is 0 Å². The smallest absolute Gasteiger partial charge is 0.308 e. The van der Waals surface area contributed by atoms with Crippen LogP contribution in [0.3, 0.4) is 0 Å². The molecule has 2 aromatic rings.